The highest BCUT2D eigenvalue weighted by molar-refractivity contribution is 9.11. The summed E-state index contributed by atoms with van der Waals surface area (Å²) in [6.45, 7) is 0.963. The number of benzene rings is 1. The van der Waals surface area contributed by atoms with E-state index in [2.05, 4.69) is 55.4 Å². The Morgan fingerprint density at radius 1 is 1.06 bits per heavy atom. The largest absolute Gasteiger partial charge is 0.310 e. The molecule has 3 heteroatoms. The summed E-state index contributed by atoms with van der Waals surface area (Å²) in [6.07, 6.45) is 8.28. The van der Waals surface area contributed by atoms with Crippen LogP contribution in [0.4, 0.5) is 0 Å². The second kappa shape index (κ2) is 6.91. The van der Waals surface area contributed by atoms with Crippen molar-refractivity contribution in [2.45, 2.75) is 51.1 Å². The van der Waals surface area contributed by atoms with Crippen LogP contribution in [0.15, 0.2) is 27.1 Å². The van der Waals surface area contributed by atoms with Crippen molar-refractivity contribution in [1.82, 2.24) is 5.32 Å². The zero-order valence-electron chi connectivity index (χ0n) is 10.0. The van der Waals surface area contributed by atoms with Gasteiger partial charge in [0, 0.05) is 21.5 Å². The third-order valence-corrected chi connectivity index (χ3v) is 4.71. The van der Waals surface area contributed by atoms with Gasteiger partial charge in [-0.3, -0.25) is 0 Å². The van der Waals surface area contributed by atoms with Crippen LogP contribution in [0.3, 0.4) is 0 Å². The minimum Gasteiger partial charge on any atom is -0.310 e. The van der Waals surface area contributed by atoms with Crippen molar-refractivity contribution in [3.63, 3.8) is 0 Å². The summed E-state index contributed by atoms with van der Waals surface area (Å²) in [5, 5.41) is 3.70. The molecule has 2 rings (SSSR count). The molecule has 1 fully saturated rings. The van der Waals surface area contributed by atoms with E-state index in [1.54, 1.807) is 0 Å². The van der Waals surface area contributed by atoms with Gasteiger partial charge in [-0.25, -0.2) is 0 Å². The van der Waals surface area contributed by atoms with Crippen molar-refractivity contribution in [3.05, 3.63) is 32.7 Å². The van der Waals surface area contributed by atoms with Crippen LogP contribution in [0, 0.1) is 0 Å². The minimum absolute atomic E-state index is 0.711. The number of rotatable bonds is 3. The Kier molecular flexibility index (Phi) is 5.51. The molecular formula is C14H19Br2N. The lowest BCUT2D eigenvalue weighted by molar-refractivity contribution is 0.458. The topological polar surface area (TPSA) is 12.0 Å². The van der Waals surface area contributed by atoms with Crippen LogP contribution in [0.2, 0.25) is 0 Å². The highest BCUT2D eigenvalue weighted by atomic mass is 79.9. The summed E-state index contributed by atoms with van der Waals surface area (Å²) < 4.78 is 2.35. The maximum atomic E-state index is 3.70. The monoisotopic (exact) mass is 359 g/mol. The zero-order valence-corrected chi connectivity index (χ0v) is 13.2. The van der Waals surface area contributed by atoms with Gasteiger partial charge < -0.3 is 5.32 Å². The lowest BCUT2D eigenvalue weighted by Crippen LogP contribution is -2.27. The second-order valence-corrected chi connectivity index (χ2v) is 6.58. The summed E-state index contributed by atoms with van der Waals surface area (Å²) in [5.74, 6) is 0. The average molecular weight is 361 g/mol. The molecule has 1 aliphatic rings. The molecular weight excluding hydrogens is 342 g/mol. The molecule has 94 valence electrons. The Bertz CT molecular complexity index is 357. The van der Waals surface area contributed by atoms with E-state index >= 15 is 0 Å². The highest BCUT2D eigenvalue weighted by Crippen LogP contribution is 2.22. The smallest absolute Gasteiger partial charge is 0.0221 e. The molecule has 0 aromatic heterocycles. The van der Waals surface area contributed by atoms with Gasteiger partial charge in [0.05, 0.1) is 0 Å². The molecule has 0 aliphatic heterocycles. The normalized spacial score (nSPS) is 18.0. The molecule has 0 unspecified atom stereocenters. The first kappa shape index (κ1) is 13.6. The molecule has 1 nitrogen and oxygen atoms in total. The molecule has 1 N–H and O–H groups in total. The Labute approximate surface area is 121 Å². The van der Waals surface area contributed by atoms with E-state index in [0.29, 0.717) is 6.04 Å². The van der Waals surface area contributed by atoms with Crippen molar-refractivity contribution in [2.75, 3.05) is 0 Å². The first-order chi connectivity index (χ1) is 8.25. The predicted octanol–water partition coefficient (Wildman–Crippen LogP) is 5.02. The minimum atomic E-state index is 0.711. The van der Waals surface area contributed by atoms with Crippen LogP contribution < -0.4 is 5.32 Å². The summed E-state index contributed by atoms with van der Waals surface area (Å²) in [6, 6.07) is 7.07. The molecule has 0 saturated heterocycles. The van der Waals surface area contributed by atoms with Gasteiger partial charge in [-0.1, -0.05) is 57.5 Å². The van der Waals surface area contributed by atoms with Gasteiger partial charge in [0.2, 0.25) is 0 Å². The van der Waals surface area contributed by atoms with E-state index in [-0.39, 0.29) is 0 Å². The van der Waals surface area contributed by atoms with Gasteiger partial charge >= 0.3 is 0 Å². The fourth-order valence-electron chi connectivity index (χ4n) is 2.42. The van der Waals surface area contributed by atoms with E-state index in [0.717, 1.165) is 11.0 Å². The molecule has 17 heavy (non-hydrogen) atoms. The van der Waals surface area contributed by atoms with Crippen LogP contribution in [0.5, 0.6) is 0 Å². The molecule has 0 amide bonds. The van der Waals surface area contributed by atoms with Gasteiger partial charge in [-0.2, -0.15) is 0 Å². The first-order valence-electron chi connectivity index (χ1n) is 6.43. The van der Waals surface area contributed by atoms with Gasteiger partial charge in [0.1, 0.15) is 0 Å². The maximum Gasteiger partial charge on any atom is 0.0221 e. The van der Waals surface area contributed by atoms with E-state index in [1.807, 2.05) is 0 Å². The third kappa shape index (κ3) is 4.38. The first-order valence-corrected chi connectivity index (χ1v) is 8.01. The lowest BCUT2D eigenvalue weighted by Gasteiger charge is -2.17. The molecule has 0 heterocycles. The molecule has 1 aromatic rings. The van der Waals surface area contributed by atoms with Gasteiger partial charge in [0.25, 0.3) is 0 Å². The number of halogens is 2. The summed E-state index contributed by atoms with van der Waals surface area (Å²) in [5.41, 5.74) is 1.34. The Morgan fingerprint density at radius 2 is 1.76 bits per heavy atom. The zero-order chi connectivity index (χ0) is 12.1. The Morgan fingerprint density at radius 3 is 2.47 bits per heavy atom. The molecule has 0 radical (unpaired) electrons. The van der Waals surface area contributed by atoms with E-state index < -0.39 is 0 Å². The van der Waals surface area contributed by atoms with Gasteiger partial charge in [-0.15, -0.1) is 0 Å². The van der Waals surface area contributed by atoms with Crippen LogP contribution in [-0.4, -0.2) is 6.04 Å². The van der Waals surface area contributed by atoms with E-state index in [9.17, 15) is 0 Å². The fraction of sp³-hybridized carbons (Fsp3) is 0.571. The second-order valence-electron chi connectivity index (χ2n) is 4.81. The van der Waals surface area contributed by atoms with Crippen LogP contribution in [-0.2, 0) is 6.54 Å². The fourth-order valence-corrected chi connectivity index (χ4v) is 3.21. The number of nitrogens with one attached hydrogen (secondary N) is 1. The molecule has 1 aromatic carbocycles. The average Bonchev–Trinajstić information content (AvgIpc) is 2.59. The summed E-state index contributed by atoms with van der Waals surface area (Å²) in [4.78, 5) is 0. The summed E-state index contributed by atoms with van der Waals surface area (Å²) in [7, 11) is 0. The molecule has 0 bridgehead atoms. The van der Waals surface area contributed by atoms with Crippen molar-refractivity contribution in [1.29, 1.82) is 0 Å². The van der Waals surface area contributed by atoms with Gasteiger partial charge in [-0.05, 0) is 36.6 Å². The van der Waals surface area contributed by atoms with Crippen molar-refractivity contribution in [3.8, 4) is 0 Å². The van der Waals surface area contributed by atoms with Crippen molar-refractivity contribution >= 4 is 31.9 Å². The molecule has 0 atom stereocenters. The standard InChI is InChI=1S/C14H19Br2N/c15-12-7-8-14(16)11(9-12)10-17-13-5-3-1-2-4-6-13/h7-9,13,17H,1-6,10H2. The van der Waals surface area contributed by atoms with Gasteiger partial charge in [0.15, 0.2) is 0 Å². The number of hydrogen-bond donors (Lipinski definition) is 1. The van der Waals surface area contributed by atoms with Crippen LogP contribution in [0.25, 0.3) is 0 Å². The van der Waals surface area contributed by atoms with E-state index in [4.69, 9.17) is 0 Å². The number of hydrogen-bond acceptors (Lipinski definition) is 1. The predicted molar refractivity (Wildman–Crippen MR) is 80.2 cm³/mol. The highest BCUT2D eigenvalue weighted by Gasteiger charge is 2.11. The third-order valence-electron chi connectivity index (χ3n) is 3.44. The Hall–Kier alpha value is 0.140. The quantitative estimate of drug-likeness (QED) is 0.746. The van der Waals surface area contributed by atoms with E-state index in [1.165, 1.54) is 48.6 Å². The molecule has 1 aliphatic carbocycles. The Balaban J connectivity index is 1.89. The van der Waals surface area contributed by atoms with Crippen molar-refractivity contribution < 1.29 is 0 Å². The maximum absolute atomic E-state index is 3.70. The van der Waals surface area contributed by atoms with Crippen LogP contribution >= 0.6 is 31.9 Å². The van der Waals surface area contributed by atoms with Crippen molar-refractivity contribution in [2.24, 2.45) is 0 Å². The summed E-state index contributed by atoms with van der Waals surface area (Å²) >= 11 is 7.14. The molecule has 1 saturated carbocycles. The molecule has 0 spiro atoms. The lowest BCUT2D eigenvalue weighted by atomic mass is 10.1. The van der Waals surface area contributed by atoms with Crippen LogP contribution in [0.1, 0.15) is 44.1 Å². The SMILES string of the molecule is Brc1ccc(Br)c(CNC2CCCCCC2)c1.